The van der Waals surface area contributed by atoms with Gasteiger partial charge in [0.2, 0.25) is 11.8 Å². The smallest absolute Gasteiger partial charge is 0.227 e. The van der Waals surface area contributed by atoms with Crippen molar-refractivity contribution in [3.8, 4) is 0 Å². The van der Waals surface area contributed by atoms with Crippen LogP contribution in [0.25, 0.3) is 0 Å². The average Bonchev–Trinajstić information content (AvgIpc) is 2.58. The maximum Gasteiger partial charge on any atom is 0.227 e. The molecule has 4 nitrogen and oxygen atoms in total. The second-order valence-corrected chi connectivity index (χ2v) is 12.8. The molecule has 3 aliphatic rings. The van der Waals surface area contributed by atoms with E-state index in [2.05, 4.69) is 65.2 Å². The fourth-order valence-corrected chi connectivity index (χ4v) is 7.24. The molecule has 0 spiro atoms. The van der Waals surface area contributed by atoms with Crippen LogP contribution in [0.15, 0.2) is 0 Å². The first-order valence-corrected chi connectivity index (χ1v) is 12.4. The van der Waals surface area contributed by atoms with Crippen LogP contribution in [0.3, 0.4) is 0 Å². The minimum atomic E-state index is -0.170. The molecule has 2 saturated heterocycles. The van der Waals surface area contributed by atoms with Crippen LogP contribution in [-0.2, 0) is 9.59 Å². The number of piperidine rings is 2. The zero-order valence-corrected chi connectivity index (χ0v) is 20.9. The van der Waals surface area contributed by atoms with Gasteiger partial charge in [0.1, 0.15) is 0 Å². The molecule has 2 unspecified atom stereocenters. The number of hydrogen-bond donors (Lipinski definition) is 0. The van der Waals surface area contributed by atoms with Crippen molar-refractivity contribution in [1.29, 1.82) is 0 Å². The second kappa shape index (κ2) is 7.81. The van der Waals surface area contributed by atoms with Crippen LogP contribution in [-0.4, -0.2) is 43.8 Å². The van der Waals surface area contributed by atoms with Crippen molar-refractivity contribution in [2.45, 2.75) is 142 Å². The Morgan fingerprint density at radius 1 is 0.533 bits per heavy atom. The Morgan fingerprint density at radius 2 is 0.800 bits per heavy atom. The van der Waals surface area contributed by atoms with Crippen LogP contribution in [0.1, 0.15) is 120 Å². The molecule has 4 heteroatoms. The van der Waals surface area contributed by atoms with E-state index in [9.17, 15) is 9.59 Å². The molecule has 1 saturated carbocycles. The van der Waals surface area contributed by atoms with Crippen LogP contribution >= 0.6 is 0 Å². The van der Waals surface area contributed by atoms with Gasteiger partial charge >= 0.3 is 0 Å². The van der Waals surface area contributed by atoms with Crippen LogP contribution < -0.4 is 0 Å². The third-order valence-electron chi connectivity index (χ3n) is 8.42. The highest BCUT2D eigenvalue weighted by Crippen LogP contribution is 2.45. The van der Waals surface area contributed by atoms with Crippen LogP contribution in [0.4, 0.5) is 0 Å². The Balaban J connectivity index is 1.93. The van der Waals surface area contributed by atoms with Crippen molar-refractivity contribution >= 4 is 11.8 Å². The lowest BCUT2D eigenvalue weighted by molar-refractivity contribution is -0.167. The van der Waals surface area contributed by atoms with E-state index in [0.717, 1.165) is 64.2 Å². The lowest BCUT2D eigenvalue weighted by Gasteiger charge is -2.56. The van der Waals surface area contributed by atoms with Gasteiger partial charge in [-0.2, -0.15) is 0 Å². The van der Waals surface area contributed by atoms with Crippen molar-refractivity contribution in [2.24, 2.45) is 11.8 Å². The van der Waals surface area contributed by atoms with Gasteiger partial charge in [0.15, 0.2) is 0 Å². The zero-order valence-electron chi connectivity index (χ0n) is 20.9. The van der Waals surface area contributed by atoms with Crippen molar-refractivity contribution in [1.82, 2.24) is 9.80 Å². The standard InChI is InChI=1S/C26H46N2O2/c1-23(2)15-11-16-24(3,4)27(23)21(29)19-13-9-10-14-20(19)22(30)28-25(5,6)17-12-18-26(28,7)8/h19-20H,9-18H2,1-8H3. The van der Waals surface area contributed by atoms with E-state index < -0.39 is 0 Å². The van der Waals surface area contributed by atoms with E-state index in [1.54, 1.807) is 0 Å². The summed E-state index contributed by atoms with van der Waals surface area (Å²) in [4.78, 5) is 32.5. The van der Waals surface area contributed by atoms with Gasteiger partial charge in [-0.05, 0) is 107 Å². The van der Waals surface area contributed by atoms with Crippen molar-refractivity contribution in [2.75, 3.05) is 0 Å². The van der Waals surface area contributed by atoms with Gasteiger partial charge in [0.05, 0.1) is 0 Å². The first-order chi connectivity index (χ1) is 13.7. The number of carbonyl (C=O) groups excluding carboxylic acids is 2. The Bertz CT molecular complexity index is 587. The molecular weight excluding hydrogens is 372 g/mol. The van der Waals surface area contributed by atoms with Crippen molar-refractivity contribution in [3.63, 3.8) is 0 Å². The monoisotopic (exact) mass is 418 g/mol. The predicted molar refractivity (Wildman–Crippen MR) is 123 cm³/mol. The molecule has 2 aliphatic heterocycles. The number of amides is 2. The van der Waals surface area contributed by atoms with Gasteiger partial charge in [-0.25, -0.2) is 0 Å². The summed E-state index contributed by atoms with van der Waals surface area (Å²) in [5, 5.41) is 0. The number of nitrogens with zero attached hydrogens (tertiary/aromatic N) is 2. The summed E-state index contributed by atoms with van der Waals surface area (Å²) in [7, 11) is 0. The molecule has 0 N–H and O–H groups in total. The van der Waals surface area contributed by atoms with E-state index >= 15 is 0 Å². The fourth-order valence-electron chi connectivity index (χ4n) is 7.24. The predicted octanol–water partition coefficient (Wildman–Crippen LogP) is 5.93. The molecule has 2 atom stereocenters. The summed E-state index contributed by atoms with van der Waals surface area (Å²) >= 11 is 0. The number of carbonyl (C=O) groups is 2. The Kier molecular flexibility index (Phi) is 6.15. The third-order valence-corrected chi connectivity index (χ3v) is 8.42. The van der Waals surface area contributed by atoms with Gasteiger partial charge in [-0.1, -0.05) is 12.8 Å². The number of hydrogen-bond acceptors (Lipinski definition) is 2. The first-order valence-electron chi connectivity index (χ1n) is 12.4. The summed E-state index contributed by atoms with van der Waals surface area (Å²) in [5.74, 6) is 0.124. The van der Waals surface area contributed by atoms with Gasteiger partial charge in [-0.15, -0.1) is 0 Å². The molecule has 0 bridgehead atoms. The fraction of sp³-hybridized carbons (Fsp3) is 0.923. The second-order valence-electron chi connectivity index (χ2n) is 12.8. The Hall–Kier alpha value is -1.06. The largest absolute Gasteiger partial charge is 0.332 e. The first kappa shape index (κ1) is 23.6. The summed E-state index contributed by atoms with van der Waals surface area (Å²) in [5.41, 5.74) is -0.581. The van der Waals surface area contributed by atoms with Gasteiger partial charge in [0.25, 0.3) is 0 Å². The van der Waals surface area contributed by atoms with E-state index in [4.69, 9.17) is 0 Å². The molecule has 0 radical (unpaired) electrons. The van der Waals surface area contributed by atoms with Crippen LogP contribution in [0.5, 0.6) is 0 Å². The van der Waals surface area contributed by atoms with Crippen molar-refractivity contribution in [3.05, 3.63) is 0 Å². The Labute approximate surface area is 185 Å². The lowest BCUT2D eigenvalue weighted by Crippen LogP contribution is -2.65. The molecule has 0 aromatic carbocycles. The Morgan fingerprint density at radius 3 is 1.07 bits per heavy atom. The van der Waals surface area contributed by atoms with Gasteiger partial charge in [0, 0.05) is 34.0 Å². The molecule has 3 rings (SSSR count). The van der Waals surface area contributed by atoms with Crippen molar-refractivity contribution < 1.29 is 9.59 Å². The number of rotatable bonds is 2. The quantitative estimate of drug-likeness (QED) is 0.557. The SMILES string of the molecule is CC1(C)CCCC(C)(C)N1C(=O)C1CCCCC1C(=O)N1C(C)(C)CCCC1(C)C. The molecule has 2 heterocycles. The molecule has 0 aromatic rings. The van der Waals surface area contributed by atoms with E-state index in [1.807, 2.05) is 0 Å². The zero-order chi connectivity index (χ0) is 22.5. The molecule has 1 aliphatic carbocycles. The normalized spacial score (nSPS) is 32.5. The molecule has 172 valence electrons. The molecular formula is C26H46N2O2. The average molecular weight is 419 g/mol. The topological polar surface area (TPSA) is 40.6 Å². The maximum atomic E-state index is 14.1. The third kappa shape index (κ3) is 4.17. The minimum absolute atomic E-state index is 0.145. The lowest BCUT2D eigenvalue weighted by atomic mass is 9.72. The molecule has 3 fully saturated rings. The highest BCUT2D eigenvalue weighted by atomic mass is 16.2. The highest BCUT2D eigenvalue weighted by molar-refractivity contribution is 5.89. The summed E-state index contributed by atoms with van der Waals surface area (Å²) in [6.45, 7) is 17.7. The summed E-state index contributed by atoms with van der Waals surface area (Å²) < 4.78 is 0. The molecule has 30 heavy (non-hydrogen) atoms. The van der Waals surface area contributed by atoms with Gasteiger partial charge in [-0.3, -0.25) is 9.59 Å². The minimum Gasteiger partial charge on any atom is -0.332 e. The van der Waals surface area contributed by atoms with E-state index in [0.29, 0.717) is 0 Å². The summed E-state index contributed by atoms with van der Waals surface area (Å²) in [6.07, 6.45) is 10.3. The highest BCUT2D eigenvalue weighted by Gasteiger charge is 2.52. The molecule has 0 aromatic heterocycles. The molecule has 2 amide bonds. The van der Waals surface area contributed by atoms with E-state index in [-0.39, 0.29) is 45.8 Å². The van der Waals surface area contributed by atoms with Gasteiger partial charge < -0.3 is 9.80 Å². The van der Waals surface area contributed by atoms with Crippen LogP contribution in [0, 0.1) is 11.8 Å². The maximum absolute atomic E-state index is 14.1. The summed E-state index contributed by atoms with van der Waals surface area (Å²) in [6, 6.07) is 0. The number of likely N-dealkylation sites (tertiary alicyclic amines) is 2. The van der Waals surface area contributed by atoms with E-state index in [1.165, 1.54) is 0 Å². The van der Waals surface area contributed by atoms with Crippen LogP contribution in [0.2, 0.25) is 0 Å².